The second-order valence-electron chi connectivity index (χ2n) is 7.68. The van der Waals surface area contributed by atoms with Gasteiger partial charge in [-0.15, -0.1) is 0 Å². The maximum absolute atomic E-state index is 12.6. The van der Waals surface area contributed by atoms with Gasteiger partial charge in [-0.25, -0.2) is 0 Å². The van der Waals surface area contributed by atoms with Crippen LogP contribution in [0.15, 0.2) is 33.5 Å². The van der Waals surface area contributed by atoms with Crippen LogP contribution >= 0.6 is 15.9 Å². The number of allylic oxidation sites excluding steroid dienone is 4. The molecule has 144 valence electrons. The molecule has 6 nitrogen and oxygen atoms in total. The average Bonchev–Trinajstić information content (AvgIpc) is 2.90. The van der Waals surface area contributed by atoms with Gasteiger partial charge in [0.05, 0.1) is 18.9 Å². The Labute approximate surface area is 166 Å². The van der Waals surface area contributed by atoms with Gasteiger partial charge in [-0.1, -0.05) is 22.0 Å². The second-order valence-corrected chi connectivity index (χ2v) is 8.48. The first kappa shape index (κ1) is 18.5. The van der Waals surface area contributed by atoms with Crippen LogP contribution in [0.3, 0.4) is 0 Å². The molecule has 0 radical (unpaired) electrons. The van der Waals surface area contributed by atoms with Crippen molar-refractivity contribution in [3.63, 3.8) is 0 Å². The summed E-state index contributed by atoms with van der Waals surface area (Å²) in [5.41, 5.74) is 1.17. The van der Waals surface area contributed by atoms with E-state index in [0.29, 0.717) is 19.3 Å². The molecule has 0 saturated carbocycles. The van der Waals surface area contributed by atoms with Crippen molar-refractivity contribution in [2.45, 2.75) is 44.6 Å². The number of halogens is 1. The number of hydrogen-bond donors (Lipinski definition) is 1. The molecule has 1 fully saturated rings. The van der Waals surface area contributed by atoms with Crippen LogP contribution in [0, 0.1) is 17.8 Å². The number of methoxy groups -OCH3 is 1. The van der Waals surface area contributed by atoms with Gasteiger partial charge in [-0.3, -0.25) is 19.7 Å². The summed E-state index contributed by atoms with van der Waals surface area (Å²) in [5.74, 6) is -1.19. The molecular weight excluding hydrogens is 414 g/mol. The van der Waals surface area contributed by atoms with Crippen LogP contribution in [0.4, 0.5) is 0 Å². The zero-order valence-corrected chi connectivity index (χ0v) is 16.9. The molecular formula is C20H22BrNO5. The van der Waals surface area contributed by atoms with E-state index in [4.69, 9.17) is 9.47 Å². The third-order valence-corrected chi connectivity index (χ3v) is 7.38. The highest BCUT2D eigenvalue weighted by atomic mass is 79.9. The van der Waals surface area contributed by atoms with Crippen LogP contribution < -0.4 is 5.32 Å². The highest BCUT2D eigenvalue weighted by Crippen LogP contribution is 2.53. The smallest absolute Gasteiger partial charge is 0.303 e. The van der Waals surface area contributed by atoms with E-state index in [2.05, 4.69) is 21.2 Å². The molecule has 0 unspecified atom stereocenters. The van der Waals surface area contributed by atoms with Crippen molar-refractivity contribution in [2.24, 2.45) is 17.8 Å². The number of hydrogen-bond acceptors (Lipinski definition) is 5. The quantitative estimate of drug-likeness (QED) is 0.532. The molecule has 1 aliphatic heterocycles. The van der Waals surface area contributed by atoms with Crippen LogP contribution in [-0.4, -0.2) is 30.5 Å². The van der Waals surface area contributed by atoms with Crippen LogP contribution in [0.5, 0.6) is 0 Å². The molecule has 3 aliphatic carbocycles. The number of nitrogens with one attached hydrogen (secondary N) is 1. The van der Waals surface area contributed by atoms with E-state index < -0.39 is 11.5 Å². The van der Waals surface area contributed by atoms with E-state index in [1.54, 1.807) is 7.11 Å². The second kappa shape index (κ2) is 6.62. The summed E-state index contributed by atoms with van der Waals surface area (Å²) >= 11 is 3.69. The minimum Gasteiger partial charge on any atom is -0.496 e. The summed E-state index contributed by atoms with van der Waals surface area (Å²) < 4.78 is 12.4. The van der Waals surface area contributed by atoms with Gasteiger partial charge in [0.2, 0.25) is 11.8 Å². The summed E-state index contributed by atoms with van der Waals surface area (Å²) in [4.78, 5) is 36.7. The van der Waals surface area contributed by atoms with E-state index in [0.717, 1.165) is 34.2 Å². The van der Waals surface area contributed by atoms with Crippen molar-refractivity contribution in [3.05, 3.63) is 33.5 Å². The van der Waals surface area contributed by atoms with E-state index >= 15 is 0 Å². The molecule has 0 aromatic heterocycles. The molecule has 2 bridgehead atoms. The first-order chi connectivity index (χ1) is 12.9. The molecule has 4 aliphatic rings. The van der Waals surface area contributed by atoms with Crippen molar-refractivity contribution in [1.82, 2.24) is 5.32 Å². The Morgan fingerprint density at radius 2 is 2.07 bits per heavy atom. The molecule has 4 rings (SSSR count). The summed E-state index contributed by atoms with van der Waals surface area (Å²) in [6.45, 7) is 1.41. The summed E-state index contributed by atoms with van der Waals surface area (Å²) in [6, 6.07) is 0. The van der Waals surface area contributed by atoms with E-state index in [9.17, 15) is 14.4 Å². The van der Waals surface area contributed by atoms with Gasteiger partial charge < -0.3 is 9.47 Å². The van der Waals surface area contributed by atoms with E-state index in [1.807, 2.05) is 12.2 Å². The summed E-state index contributed by atoms with van der Waals surface area (Å²) in [7, 11) is 1.62. The fourth-order valence-corrected chi connectivity index (χ4v) is 5.82. The Morgan fingerprint density at radius 1 is 1.30 bits per heavy atom. The normalized spacial score (nSPS) is 37.1. The highest BCUT2D eigenvalue weighted by Gasteiger charge is 2.54. The van der Waals surface area contributed by atoms with Crippen molar-refractivity contribution >= 4 is 33.7 Å². The van der Waals surface area contributed by atoms with Gasteiger partial charge in [0, 0.05) is 17.3 Å². The van der Waals surface area contributed by atoms with Crippen molar-refractivity contribution in [3.8, 4) is 0 Å². The van der Waals surface area contributed by atoms with Crippen molar-refractivity contribution in [1.29, 1.82) is 0 Å². The lowest BCUT2D eigenvalue weighted by atomic mass is 9.65. The Kier molecular flexibility index (Phi) is 4.53. The van der Waals surface area contributed by atoms with Gasteiger partial charge in [0.25, 0.3) is 0 Å². The molecule has 0 spiro atoms. The van der Waals surface area contributed by atoms with Gasteiger partial charge in [0.1, 0.15) is 11.4 Å². The fourth-order valence-electron chi connectivity index (χ4n) is 5.07. The molecule has 7 heteroatoms. The predicted octanol–water partition coefficient (Wildman–Crippen LogP) is 2.89. The first-order valence-electron chi connectivity index (χ1n) is 9.26. The Hall–Kier alpha value is -1.89. The summed E-state index contributed by atoms with van der Waals surface area (Å²) in [6.07, 6.45) is 7.37. The molecule has 1 heterocycles. The van der Waals surface area contributed by atoms with Crippen molar-refractivity contribution < 1.29 is 23.9 Å². The zero-order chi connectivity index (χ0) is 19.3. The number of rotatable bonds is 2. The topological polar surface area (TPSA) is 81.7 Å². The van der Waals surface area contributed by atoms with Crippen LogP contribution in [0.2, 0.25) is 0 Å². The highest BCUT2D eigenvalue weighted by molar-refractivity contribution is 9.11. The molecule has 0 aromatic rings. The monoisotopic (exact) mass is 435 g/mol. The Morgan fingerprint density at radius 3 is 2.78 bits per heavy atom. The molecule has 4 atom stereocenters. The molecule has 2 amide bonds. The lowest BCUT2D eigenvalue weighted by molar-refractivity contribution is -0.155. The molecule has 1 saturated heterocycles. The Balaban J connectivity index is 1.88. The molecule has 0 aromatic carbocycles. The number of imide groups is 1. The number of ether oxygens (including phenoxy) is 2. The third-order valence-electron chi connectivity index (χ3n) is 6.15. The predicted molar refractivity (Wildman–Crippen MR) is 100 cm³/mol. The van der Waals surface area contributed by atoms with Crippen LogP contribution in [0.25, 0.3) is 0 Å². The van der Waals surface area contributed by atoms with Crippen LogP contribution in [0.1, 0.15) is 39.0 Å². The standard InChI is InChI=1S/C20H22BrNO5/c1-10(23)27-20-7-3-4-11(17(20)21)8-15(26-2)12-5-6-13-16(14(12)9-20)19(25)22-18(13)24/h5,8,13-14,16H,3-4,6-7,9H2,1-2H3,(H,22,24,25)/b15-8+/t13-,14+,16-,20-/m1/s1. The van der Waals surface area contributed by atoms with Gasteiger partial charge in [0.15, 0.2) is 0 Å². The van der Waals surface area contributed by atoms with Crippen molar-refractivity contribution in [2.75, 3.05) is 7.11 Å². The maximum Gasteiger partial charge on any atom is 0.303 e. The van der Waals surface area contributed by atoms with Gasteiger partial charge in [-0.05, 0) is 49.3 Å². The molecule has 1 N–H and O–H groups in total. The van der Waals surface area contributed by atoms with Crippen LogP contribution in [-0.2, 0) is 23.9 Å². The molecule has 27 heavy (non-hydrogen) atoms. The lowest BCUT2D eigenvalue weighted by Crippen LogP contribution is -2.44. The number of amides is 2. The Bertz CT molecular complexity index is 826. The van der Waals surface area contributed by atoms with E-state index in [-0.39, 0.29) is 29.6 Å². The minimum absolute atomic E-state index is 0.217. The lowest BCUT2D eigenvalue weighted by Gasteiger charge is -2.44. The third kappa shape index (κ3) is 2.87. The average molecular weight is 436 g/mol. The fraction of sp³-hybridized carbons (Fsp3) is 0.550. The van der Waals surface area contributed by atoms with Gasteiger partial charge in [-0.2, -0.15) is 0 Å². The largest absolute Gasteiger partial charge is 0.496 e. The number of fused-ring (bicyclic) bond motifs is 4. The van der Waals surface area contributed by atoms with E-state index in [1.165, 1.54) is 6.92 Å². The number of carbonyl (C=O) groups excluding carboxylic acids is 3. The first-order valence-corrected chi connectivity index (χ1v) is 10.0. The zero-order valence-electron chi connectivity index (χ0n) is 15.3. The SMILES string of the molecule is CO/C1=C/C2=C(Br)[C@@](OC(C)=O)(CCC2)C[C@H]2C1=CC[C@H]1C(=O)NC(=O)[C@H]12. The minimum atomic E-state index is -0.813. The number of carbonyl (C=O) groups is 3. The summed E-state index contributed by atoms with van der Waals surface area (Å²) in [5, 5.41) is 2.48. The maximum atomic E-state index is 12.6. The number of esters is 1. The van der Waals surface area contributed by atoms with Gasteiger partial charge >= 0.3 is 5.97 Å².